The number of likely N-dealkylation sites (N-methyl/N-ethyl adjacent to an activating group) is 1. The van der Waals surface area contributed by atoms with Crippen molar-refractivity contribution in [3.63, 3.8) is 0 Å². The Morgan fingerprint density at radius 2 is 1.45 bits per heavy atom. The van der Waals surface area contributed by atoms with Crippen molar-refractivity contribution in [2.24, 2.45) is 0 Å². The first-order valence-electron chi connectivity index (χ1n) is 4.29. The van der Waals surface area contributed by atoms with Gasteiger partial charge in [-0.15, -0.1) is 0 Å². The Morgan fingerprint density at radius 1 is 1.00 bits per heavy atom. The summed E-state index contributed by atoms with van der Waals surface area (Å²) in [4.78, 5) is 2.38. The van der Waals surface area contributed by atoms with E-state index in [4.69, 9.17) is 0 Å². The Kier molecular flexibility index (Phi) is 7.16. The van der Waals surface area contributed by atoms with Crippen molar-refractivity contribution >= 4 is 0 Å². The van der Waals surface area contributed by atoms with Crippen LogP contribution in [0.15, 0.2) is 24.3 Å². The van der Waals surface area contributed by atoms with Crippen molar-refractivity contribution in [1.29, 1.82) is 0 Å². The van der Waals surface area contributed by atoms with E-state index in [0.29, 0.717) is 0 Å². The van der Waals surface area contributed by atoms with Gasteiger partial charge >= 0.3 is 0 Å². The van der Waals surface area contributed by atoms with Crippen LogP contribution in [0.2, 0.25) is 0 Å². The van der Waals surface area contributed by atoms with E-state index in [-0.39, 0.29) is 0 Å². The molecule has 11 heavy (non-hydrogen) atoms. The summed E-state index contributed by atoms with van der Waals surface area (Å²) >= 11 is 0. The summed E-state index contributed by atoms with van der Waals surface area (Å²) in [5.41, 5.74) is 0. The summed E-state index contributed by atoms with van der Waals surface area (Å²) < 4.78 is 0. The molecule has 0 atom stereocenters. The molecule has 0 amide bonds. The maximum Gasteiger partial charge on any atom is 0.0166 e. The Labute approximate surface area is 70.4 Å². The van der Waals surface area contributed by atoms with Crippen LogP contribution >= 0.6 is 0 Å². The summed E-state index contributed by atoms with van der Waals surface area (Å²) in [6.45, 7) is 9.56. The molecule has 0 aliphatic carbocycles. The van der Waals surface area contributed by atoms with Crippen molar-refractivity contribution in [2.45, 2.75) is 20.8 Å². The van der Waals surface area contributed by atoms with Crippen molar-refractivity contribution in [1.82, 2.24) is 4.90 Å². The first kappa shape index (κ1) is 10.4. The van der Waals surface area contributed by atoms with Crippen molar-refractivity contribution in [3.8, 4) is 0 Å². The molecule has 0 rings (SSSR count). The number of nitrogens with zero attached hydrogens (tertiary/aromatic N) is 1. The van der Waals surface area contributed by atoms with Gasteiger partial charge in [-0.25, -0.2) is 0 Å². The SMILES string of the molecule is CC=CCN(CC)CC=CC. The summed E-state index contributed by atoms with van der Waals surface area (Å²) in [6.07, 6.45) is 8.57. The molecule has 0 aliphatic rings. The van der Waals surface area contributed by atoms with Crippen LogP contribution in [0.4, 0.5) is 0 Å². The van der Waals surface area contributed by atoms with E-state index in [1.54, 1.807) is 0 Å². The number of allylic oxidation sites excluding steroid dienone is 2. The van der Waals surface area contributed by atoms with Crippen LogP contribution in [0.3, 0.4) is 0 Å². The number of rotatable bonds is 5. The van der Waals surface area contributed by atoms with Gasteiger partial charge in [0, 0.05) is 13.1 Å². The lowest BCUT2D eigenvalue weighted by atomic mass is 10.4. The molecule has 0 saturated heterocycles. The second kappa shape index (κ2) is 7.55. The summed E-state index contributed by atoms with van der Waals surface area (Å²) in [5, 5.41) is 0. The molecule has 0 spiro atoms. The minimum atomic E-state index is 1.07. The molecule has 0 aromatic heterocycles. The summed E-state index contributed by atoms with van der Waals surface area (Å²) in [5.74, 6) is 0. The molecule has 0 aromatic rings. The van der Waals surface area contributed by atoms with Crippen LogP contribution in [-0.2, 0) is 0 Å². The highest BCUT2D eigenvalue weighted by Gasteiger charge is 1.93. The lowest BCUT2D eigenvalue weighted by Crippen LogP contribution is -2.23. The zero-order valence-electron chi connectivity index (χ0n) is 7.88. The van der Waals surface area contributed by atoms with Crippen LogP contribution in [0.5, 0.6) is 0 Å². The summed E-state index contributed by atoms with van der Waals surface area (Å²) in [6, 6.07) is 0. The molecule has 0 saturated carbocycles. The maximum absolute atomic E-state index is 2.38. The predicted octanol–water partition coefficient (Wildman–Crippen LogP) is 2.46. The first-order valence-corrected chi connectivity index (χ1v) is 4.29. The molecule has 0 N–H and O–H groups in total. The van der Waals surface area contributed by atoms with Crippen molar-refractivity contribution in [3.05, 3.63) is 24.3 Å². The van der Waals surface area contributed by atoms with Crippen LogP contribution < -0.4 is 0 Å². The largest absolute Gasteiger partial charge is 0.296 e. The Balaban J connectivity index is 3.57. The van der Waals surface area contributed by atoms with E-state index in [9.17, 15) is 0 Å². The lowest BCUT2D eigenvalue weighted by Gasteiger charge is -2.15. The molecule has 1 nitrogen and oxygen atoms in total. The fraction of sp³-hybridized carbons (Fsp3) is 0.600. The topological polar surface area (TPSA) is 3.24 Å². The average Bonchev–Trinajstić information content (AvgIpc) is 2.05. The molecule has 0 aliphatic heterocycles. The third-order valence-corrected chi connectivity index (χ3v) is 1.65. The van der Waals surface area contributed by atoms with E-state index in [1.165, 1.54) is 0 Å². The van der Waals surface area contributed by atoms with E-state index >= 15 is 0 Å². The van der Waals surface area contributed by atoms with Gasteiger partial charge in [0.05, 0.1) is 0 Å². The van der Waals surface area contributed by atoms with Gasteiger partial charge in [-0.3, -0.25) is 4.90 Å². The molecule has 64 valence electrons. The van der Waals surface area contributed by atoms with Crippen LogP contribution in [-0.4, -0.2) is 24.5 Å². The molecule has 0 bridgehead atoms. The van der Waals surface area contributed by atoms with Crippen molar-refractivity contribution in [2.75, 3.05) is 19.6 Å². The third-order valence-electron chi connectivity index (χ3n) is 1.65. The molecule has 1 heteroatoms. The zero-order valence-corrected chi connectivity index (χ0v) is 7.88. The van der Waals surface area contributed by atoms with Gasteiger partial charge in [0.2, 0.25) is 0 Å². The molecule has 0 unspecified atom stereocenters. The second-order valence-corrected chi connectivity index (χ2v) is 2.49. The fourth-order valence-corrected chi connectivity index (χ4v) is 0.842. The van der Waals surface area contributed by atoms with Gasteiger partial charge in [0.25, 0.3) is 0 Å². The van der Waals surface area contributed by atoms with E-state index in [2.05, 4.69) is 50.0 Å². The van der Waals surface area contributed by atoms with E-state index in [0.717, 1.165) is 19.6 Å². The summed E-state index contributed by atoms with van der Waals surface area (Å²) in [7, 11) is 0. The predicted molar refractivity (Wildman–Crippen MR) is 51.7 cm³/mol. The quantitative estimate of drug-likeness (QED) is 0.548. The monoisotopic (exact) mass is 153 g/mol. The third kappa shape index (κ3) is 5.86. The van der Waals surface area contributed by atoms with Crippen LogP contribution in [0.1, 0.15) is 20.8 Å². The molecule has 0 heterocycles. The van der Waals surface area contributed by atoms with Gasteiger partial charge in [0.15, 0.2) is 0 Å². The highest BCUT2D eigenvalue weighted by Crippen LogP contribution is 1.88. The van der Waals surface area contributed by atoms with E-state index in [1.807, 2.05) is 0 Å². The van der Waals surface area contributed by atoms with Gasteiger partial charge in [-0.05, 0) is 20.4 Å². The zero-order chi connectivity index (χ0) is 8.53. The highest BCUT2D eigenvalue weighted by atomic mass is 15.1. The Bertz CT molecular complexity index is 111. The molecule has 0 radical (unpaired) electrons. The average molecular weight is 153 g/mol. The van der Waals surface area contributed by atoms with Gasteiger partial charge in [0.1, 0.15) is 0 Å². The maximum atomic E-state index is 2.38. The molecule has 0 aromatic carbocycles. The first-order chi connectivity index (χ1) is 5.35. The Hall–Kier alpha value is -0.560. The molecule has 0 fully saturated rings. The lowest BCUT2D eigenvalue weighted by molar-refractivity contribution is 0.354. The standard InChI is InChI=1S/C10H19N/c1-4-7-9-11(6-3)10-8-5-2/h4-5,7-8H,6,9-10H2,1-3H3. The van der Waals surface area contributed by atoms with Gasteiger partial charge < -0.3 is 0 Å². The minimum Gasteiger partial charge on any atom is -0.296 e. The Morgan fingerprint density at radius 3 is 1.73 bits per heavy atom. The smallest absolute Gasteiger partial charge is 0.0166 e. The van der Waals surface area contributed by atoms with Gasteiger partial charge in [-0.2, -0.15) is 0 Å². The highest BCUT2D eigenvalue weighted by molar-refractivity contribution is 4.86. The fourth-order valence-electron chi connectivity index (χ4n) is 0.842. The van der Waals surface area contributed by atoms with Crippen LogP contribution in [0.25, 0.3) is 0 Å². The van der Waals surface area contributed by atoms with Gasteiger partial charge in [-0.1, -0.05) is 31.2 Å². The van der Waals surface area contributed by atoms with Crippen LogP contribution in [0, 0.1) is 0 Å². The second-order valence-electron chi connectivity index (χ2n) is 2.49. The number of hydrogen-bond donors (Lipinski definition) is 0. The number of hydrogen-bond acceptors (Lipinski definition) is 1. The minimum absolute atomic E-state index is 1.07. The molecular weight excluding hydrogens is 134 g/mol. The van der Waals surface area contributed by atoms with E-state index < -0.39 is 0 Å². The molecular formula is C10H19N. The normalized spacial score (nSPS) is 12.4. The van der Waals surface area contributed by atoms with Crippen molar-refractivity contribution < 1.29 is 0 Å².